The number of hydrogen-bond acceptors (Lipinski definition) is 3. The van der Waals surface area contributed by atoms with Crippen molar-refractivity contribution >= 4 is 17.5 Å². The van der Waals surface area contributed by atoms with Gasteiger partial charge < -0.3 is 15.0 Å². The third-order valence-corrected chi connectivity index (χ3v) is 3.71. The Kier molecular flexibility index (Phi) is 6.11. The summed E-state index contributed by atoms with van der Waals surface area (Å²) < 4.78 is 18.1. The summed E-state index contributed by atoms with van der Waals surface area (Å²) in [6.07, 6.45) is 0.144. The van der Waals surface area contributed by atoms with Gasteiger partial charge in [-0.15, -0.1) is 0 Å². The van der Waals surface area contributed by atoms with E-state index < -0.39 is 0 Å². The number of methoxy groups -OCH3 is 1. The molecule has 0 fully saturated rings. The smallest absolute Gasteiger partial charge is 0.243 e. The van der Waals surface area contributed by atoms with Crippen LogP contribution in [0.2, 0.25) is 0 Å². The van der Waals surface area contributed by atoms with Crippen LogP contribution in [-0.4, -0.2) is 37.4 Å². The molecule has 0 heterocycles. The molecule has 0 aliphatic rings. The number of halogens is 1. The van der Waals surface area contributed by atoms with Gasteiger partial charge in [-0.2, -0.15) is 0 Å². The maximum absolute atomic E-state index is 12.9. The topological polar surface area (TPSA) is 58.6 Å². The summed E-state index contributed by atoms with van der Waals surface area (Å²) in [5, 5.41) is 2.63. The van der Waals surface area contributed by atoms with E-state index >= 15 is 0 Å². The van der Waals surface area contributed by atoms with E-state index in [1.165, 1.54) is 29.2 Å². The number of nitrogens with one attached hydrogen (secondary N) is 1. The molecule has 2 aromatic rings. The van der Waals surface area contributed by atoms with Gasteiger partial charge in [0.1, 0.15) is 11.6 Å². The largest absolute Gasteiger partial charge is 0.496 e. The van der Waals surface area contributed by atoms with Crippen LogP contribution in [-0.2, 0) is 16.0 Å². The molecular weight excluding hydrogens is 323 g/mol. The third kappa shape index (κ3) is 5.31. The number of carbonyl (C=O) groups is 2. The summed E-state index contributed by atoms with van der Waals surface area (Å²) in [5.74, 6) is -0.280. The molecule has 0 unspecified atom stereocenters. The molecule has 5 nitrogen and oxygen atoms in total. The predicted molar refractivity (Wildman–Crippen MR) is 94.1 cm³/mol. The van der Waals surface area contributed by atoms with Gasteiger partial charge in [-0.3, -0.25) is 9.59 Å². The normalized spacial score (nSPS) is 10.2. The number of rotatable bonds is 6. The standard InChI is InChI=1S/C19H21FN2O3/c1-13-4-9-17(25-3)14(10-13)11-19(24)22(2)12-18(23)21-16-7-5-15(20)6-8-16/h4-10H,11-12H2,1-3H3,(H,21,23). The van der Waals surface area contributed by atoms with Gasteiger partial charge in [0.05, 0.1) is 20.1 Å². The number of hydrogen-bond donors (Lipinski definition) is 1. The lowest BCUT2D eigenvalue weighted by Crippen LogP contribution is -2.35. The molecule has 0 saturated heterocycles. The maximum Gasteiger partial charge on any atom is 0.243 e. The van der Waals surface area contributed by atoms with Crippen molar-refractivity contribution < 1.29 is 18.7 Å². The minimum Gasteiger partial charge on any atom is -0.496 e. The van der Waals surface area contributed by atoms with E-state index in [4.69, 9.17) is 4.74 Å². The van der Waals surface area contributed by atoms with Crippen molar-refractivity contribution in [3.8, 4) is 5.75 Å². The Balaban J connectivity index is 1.94. The minimum absolute atomic E-state index is 0.0929. The lowest BCUT2D eigenvalue weighted by molar-refractivity contribution is -0.132. The predicted octanol–water partition coefficient (Wildman–Crippen LogP) is 2.78. The Morgan fingerprint density at radius 1 is 1.16 bits per heavy atom. The number of amides is 2. The molecule has 0 atom stereocenters. The van der Waals surface area contributed by atoms with Gasteiger partial charge >= 0.3 is 0 Å². The number of nitrogens with zero attached hydrogens (tertiary/aromatic N) is 1. The van der Waals surface area contributed by atoms with Gasteiger partial charge in [-0.1, -0.05) is 17.7 Å². The maximum atomic E-state index is 12.9. The second kappa shape index (κ2) is 8.28. The quantitative estimate of drug-likeness (QED) is 0.877. The zero-order chi connectivity index (χ0) is 18.4. The van der Waals surface area contributed by atoms with E-state index in [2.05, 4.69) is 5.32 Å². The zero-order valence-corrected chi connectivity index (χ0v) is 14.5. The van der Waals surface area contributed by atoms with Crippen LogP contribution in [0.3, 0.4) is 0 Å². The van der Waals surface area contributed by atoms with Crippen LogP contribution in [0.5, 0.6) is 5.75 Å². The first kappa shape index (κ1) is 18.4. The first-order valence-electron chi connectivity index (χ1n) is 7.82. The Labute approximate surface area is 146 Å². The molecule has 25 heavy (non-hydrogen) atoms. The second-order valence-corrected chi connectivity index (χ2v) is 5.80. The van der Waals surface area contributed by atoms with Crippen LogP contribution < -0.4 is 10.1 Å². The molecule has 0 aliphatic heterocycles. The van der Waals surface area contributed by atoms with Crippen LogP contribution in [0.25, 0.3) is 0 Å². The highest BCUT2D eigenvalue weighted by Gasteiger charge is 2.16. The zero-order valence-electron chi connectivity index (χ0n) is 14.5. The van der Waals surface area contributed by atoms with Gasteiger partial charge in [-0.25, -0.2) is 4.39 Å². The van der Waals surface area contributed by atoms with Crippen LogP contribution >= 0.6 is 0 Å². The molecule has 1 N–H and O–H groups in total. The number of carbonyl (C=O) groups excluding carboxylic acids is 2. The molecule has 6 heteroatoms. The van der Waals surface area contributed by atoms with E-state index in [1.54, 1.807) is 14.2 Å². The van der Waals surface area contributed by atoms with Crippen molar-refractivity contribution in [1.29, 1.82) is 0 Å². The molecule has 0 radical (unpaired) electrons. The molecule has 132 valence electrons. The molecule has 2 rings (SSSR count). The van der Waals surface area contributed by atoms with Crippen molar-refractivity contribution in [2.24, 2.45) is 0 Å². The van der Waals surface area contributed by atoms with Gasteiger partial charge in [0.25, 0.3) is 0 Å². The molecule has 0 saturated carbocycles. The number of aryl methyl sites for hydroxylation is 1. The summed E-state index contributed by atoms with van der Waals surface area (Å²) in [7, 11) is 3.12. The first-order chi connectivity index (χ1) is 11.9. The van der Waals surface area contributed by atoms with E-state index in [-0.39, 0.29) is 30.6 Å². The number of ether oxygens (including phenoxy) is 1. The number of anilines is 1. The van der Waals surface area contributed by atoms with Crippen molar-refractivity contribution in [2.45, 2.75) is 13.3 Å². The van der Waals surface area contributed by atoms with Crippen LogP contribution in [0.4, 0.5) is 10.1 Å². The SMILES string of the molecule is COc1ccc(C)cc1CC(=O)N(C)CC(=O)Nc1ccc(F)cc1. The third-order valence-electron chi connectivity index (χ3n) is 3.71. The molecule has 0 aliphatic carbocycles. The van der Waals surface area contributed by atoms with Gasteiger partial charge in [0, 0.05) is 18.3 Å². The molecule has 0 aromatic heterocycles. The molecule has 0 spiro atoms. The van der Waals surface area contributed by atoms with Crippen LogP contribution in [0.1, 0.15) is 11.1 Å². The van der Waals surface area contributed by atoms with Gasteiger partial charge in [0.15, 0.2) is 0 Å². The average Bonchev–Trinajstić information content (AvgIpc) is 2.57. The van der Waals surface area contributed by atoms with E-state index in [9.17, 15) is 14.0 Å². The average molecular weight is 344 g/mol. The Bertz CT molecular complexity index is 760. The molecule has 0 bridgehead atoms. The van der Waals surface area contributed by atoms with Crippen molar-refractivity contribution in [3.05, 3.63) is 59.4 Å². The van der Waals surface area contributed by atoms with E-state index in [0.717, 1.165) is 11.1 Å². The molecule has 2 aromatic carbocycles. The number of benzene rings is 2. The Morgan fingerprint density at radius 3 is 2.48 bits per heavy atom. The van der Waals surface area contributed by atoms with Crippen LogP contribution in [0.15, 0.2) is 42.5 Å². The lowest BCUT2D eigenvalue weighted by Gasteiger charge is -2.18. The Morgan fingerprint density at radius 2 is 1.84 bits per heavy atom. The van der Waals surface area contributed by atoms with Gasteiger partial charge in [0.2, 0.25) is 11.8 Å². The molecular formula is C19H21FN2O3. The van der Waals surface area contributed by atoms with Crippen molar-refractivity contribution in [1.82, 2.24) is 4.90 Å². The first-order valence-corrected chi connectivity index (χ1v) is 7.82. The summed E-state index contributed by atoms with van der Waals surface area (Å²) in [6.45, 7) is 1.84. The van der Waals surface area contributed by atoms with E-state index in [0.29, 0.717) is 11.4 Å². The fourth-order valence-corrected chi connectivity index (χ4v) is 2.38. The fourth-order valence-electron chi connectivity index (χ4n) is 2.38. The lowest BCUT2D eigenvalue weighted by atomic mass is 10.1. The Hall–Kier alpha value is -2.89. The van der Waals surface area contributed by atoms with Crippen molar-refractivity contribution in [2.75, 3.05) is 26.0 Å². The summed E-state index contributed by atoms with van der Waals surface area (Å²) in [4.78, 5) is 25.7. The summed E-state index contributed by atoms with van der Waals surface area (Å²) in [6, 6.07) is 11.1. The minimum atomic E-state index is -0.377. The van der Waals surface area contributed by atoms with Gasteiger partial charge in [-0.05, 0) is 37.3 Å². The highest BCUT2D eigenvalue weighted by molar-refractivity contribution is 5.94. The summed E-state index contributed by atoms with van der Waals surface area (Å²) >= 11 is 0. The number of likely N-dealkylation sites (N-methyl/N-ethyl adjacent to an activating group) is 1. The summed E-state index contributed by atoms with van der Waals surface area (Å²) in [5.41, 5.74) is 2.28. The second-order valence-electron chi connectivity index (χ2n) is 5.80. The fraction of sp³-hybridized carbons (Fsp3) is 0.263. The van der Waals surface area contributed by atoms with Crippen molar-refractivity contribution in [3.63, 3.8) is 0 Å². The van der Waals surface area contributed by atoms with E-state index in [1.807, 2.05) is 25.1 Å². The molecule has 2 amide bonds. The highest BCUT2D eigenvalue weighted by Crippen LogP contribution is 2.20. The van der Waals surface area contributed by atoms with Crippen LogP contribution in [0, 0.1) is 12.7 Å². The highest BCUT2D eigenvalue weighted by atomic mass is 19.1. The monoisotopic (exact) mass is 344 g/mol.